The predicted molar refractivity (Wildman–Crippen MR) is 39.5 cm³/mol. The molecule has 1 atom stereocenters. The maximum Gasteiger partial charge on any atom is 0.348 e. The maximum absolute atomic E-state index is 10.4. The Labute approximate surface area is 68.7 Å². The van der Waals surface area contributed by atoms with Crippen LogP contribution in [0.15, 0.2) is 0 Å². The molecule has 0 unspecified atom stereocenters. The highest BCUT2D eigenvalue weighted by molar-refractivity contribution is 5.73. The Morgan fingerprint density at radius 1 is 1.50 bits per heavy atom. The van der Waals surface area contributed by atoms with Crippen LogP contribution in [0, 0.1) is 0 Å². The summed E-state index contributed by atoms with van der Waals surface area (Å²) in [5.41, 5.74) is 4.93. The quantitative estimate of drug-likeness (QED) is 0.269. The minimum atomic E-state index is -1.11. The van der Waals surface area contributed by atoms with Crippen molar-refractivity contribution in [2.75, 3.05) is 0 Å². The molecule has 0 aromatic carbocycles. The van der Waals surface area contributed by atoms with Crippen LogP contribution in [0.25, 0.3) is 0 Å². The fraction of sp³-hybridized carbons (Fsp3) is 0.500. The number of nitrogens with one attached hydrogen (secondary N) is 1. The number of rotatable bonds is 5. The highest BCUT2D eigenvalue weighted by Gasteiger charge is 2.18. The van der Waals surface area contributed by atoms with Crippen molar-refractivity contribution in [3.8, 4) is 0 Å². The summed E-state index contributed by atoms with van der Waals surface area (Å²) in [5, 5.41) is 16.7. The number of nitrogens with two attached hydrogens (primary N) is 1. The Morgan fingerprint density at radius 2 is 2.08 bits per heavy atom. The number of hydrogen-bond acceptors (Lipinski definition) is 2. The van der Waals surface area contributed by atoms with Crippen molar-refractivity contribution in [3.63, 3.8) is 0 Å². The first kappa shape index (κ1) is 10.4. The smallest absolute Gasteiger partial charge is 0.348 e. The lowest BCUT2D eigenvalue weighted by Crippen LogP contribution is -2.80. The molecule has 0 aliphatic carbocycles. The average Bonchev–Trinajstić information content (AvgIpc) is 1.96. The van der Waals surface area contributed by atoms with Crippen molar-refractivity contribution in [2.45, 2.75) is 18.9 Å². The Bertz CT molecular complexity index is 202. The van der Waals surface area contributed by atoms with E-state index >= 15 is 0 Å². The molecule has 0 aliphatic rings. The van der Waals surface area contributed by atoms with E-state index in [0.29, 0.717) is 0 Å². The average molecular weight is 175 g/mol. The lowest BCUT2D eigenvalue weighted by Gasteiger charge is -2.00. The van der Waals surface area contributed by atoms with Gasteiger partial charge in [0.25, 0.3) is 0 Å². The maximum atomic E-state index is 10.4. The molecule has 0 saturated heterocycles. The van der Waals surface area contributed by atoms with Gasteiger partial charge >= 0.3 is 11.9 Å². The van der Waals surface area contributed by atoms with Crippen LogP contribution in [0.5, 0.6) is 0 Å². The second-order valence-electron chi connectivity index (χ2n) is 2.16. The molecule has 12 heavy (non-hydrogen) atoms. The fourth-order valence-electron chi connectivity index (χ4n) is 0.662. The minimum absolute atomic E-state index is 0.0123. The summed E-state index contributed by atoms with van der Waals surface area (Å²) in [5.74, 6) is -2.14. The van der Waals surface area contributed by atoms with E-state index in [-0.39, 0.29) is 12.8 Å². The van der Waals surface area contributed by atoms with E-state index < -0.39 is 18.0 Å². The van der Waals surface area contributed by atoms with Gasteiger partial charge in [0.15, 0.2) is 6.04 Å². The molecule has 0 aromatic rings. The first-order chi connectivity index (χ1) is 5.57. The van der Waals surface area contributed by atoms with Gasteiger partial charge < -0.3 is 10.2 Å². The van der Waals surface area contributed by atoms with Crippen LogP contribution in [0.4, 0.5) is 0 Å². The Morgan fingerprint density at radius 3 is 2.42 bits per heavy atom. The van der Waals surface area contributed by atoms with Gasteiger partial charge in [-0.25, -0.2) is 4.79 Å². The van der Waals surface area contributed by atoms with Crippen molar-refractivity contribution in [1.82, 2.24) is 0 Å². The minimum Gasteiger partial charge on any atom is -0.481 e. The second kappa shape index (κ2) is 5.11. The third-order valence-electron chi connectivity index (χ3n) is 1.24. The van der Waals surface area contributed by atoms with E-state index in [0.717, 1.165) is 6.34 Å². The normalized spacial score (nSPS) is 13.0. The van der Waals surface area contributed by atoms with Gasteiger partial charge in [0, 0.05) is 12.8 Å². The molecule has 0 saturated carbocycles. The van der Waals surface area contributed by atoms with E-state index in [9.17, 15) is 9.59 Å². The number of hydrogen-bond donors (Lipinski definition) is 4. The van der Waals surface area contributed by atoms with E-state index in [1.165, 1.54) is 0 Å². The fourth-order valence-corrected chi connectivity index (χ4v) is 0.662. The predicted octanol–water partition coefficient (Wildman–Crippen LogP) is -2.63. The molecule has 6 nitrogen and oxygen atoms in total. The number of carboxylic acids is 2. The first-order valence-electron chi connectivity index (χ1n) is 3.32. The topological polar surface area (TPSA) is 115 Å². The zero-order valence-corrected chi connectivity index (χ0v) is 6.36. The number of carbonyl (C=O) groups is 2. The number of carboxylic acid groups (broad SMARTS) is 2. The summed E-state index contributed by atoms with van der Waals surface area (Å²) in [6.45, 7) is 0. The van der Waals surface area contributed by atoms with E-state index in [2.05, 4.69) is 4.99 Å². The molecule has 6 heteroatoms. The third kappa shape index (κ3) is 4.26. The van der Waals surface area contributed by atoms with Gasteiger partial charge in [-0.15, -0.1) is 0 Å². The molecule has 0 rings (SSSR count). The van der Waals surface area contributed by atoms with Crippen LogP contribution in [-0.2, 0) is 9.59 Å². The summed E-state index contributed by atoms with van der Waals surface area (Å²) in [6, 6.07) is -0.925. The highest BCUT2D eigenvalue weighted by Crippen LogP contribution is 1.92. The van der Waals surface area contributed by atoms with Gasteiger partial charge in [-0.05, 0) is 0 Å². The standard InChI is InChI=1S/C6H10N2O4/c7-3-8-4(6(11)12)1-2-5(9)10/h3-4H,1-2H2,(H2,7,8)(H,9,10)(H,11,12)/p+1/t4-/m0/s1. The van der Waals surface area contributed by atoms with E-state index in [1.807, 2.05) is 0 Å². The third-order valence-corrected chi connectivity index (χ3v) is 1.24. The van der Waals surface area contributed by atoms with Crippen molar-refractivity contribution < 1.29 is 24.8 Å². The molecule has 0 aliphatic heterocycles. The first-order valence-corrected chi connectivity index (χ1v) is 3.32. The monoisotopic (exact) mass is 175 g/mol. The second-order valence-corrected chi connectivity index (χ2v) is 2.16. The molecule has 0 bridgehead atoms. The van der Waals surface area contributed by atoms with Gasteiger partial charge in [-0.1, -0.05) is 0 Å². The molecule has 68 valence electrons. The van der Waals surface area contributed by atoms with Gasteiger partial charge in [0.05, 0.1) is 0 Å². The highest BCUT2D eigenvalue weighted by atomic mass is 16.4. The molecule has 0 radical (unpaired) electrons. The molecule has 5 N–H and O–H groups in total. The summed E-state index contributed by atoms with van der Waals surface area (Å²) < 4.78 is 0. The van der Waals surface area contributed by atoms with Crippen molar-refractivity contribution in [2.24, 2.45) is 5.73 Å². The lowest BCUT2D eigenvalue weighted by molar-refractivity contribution is -0.487. The van der Waals surface area contributed by atoms with Crippen LogP contribution >= 0.6 is 0 Å². The number of aliphatic carboxylic acids is 2. The van der Waals surface area contributed by atoms with Crippen molar-refractivity contribution >= 4 is 18.3 Å². The van der Waals surface area contributed by atoms with Crippen LogP contribution in [0.3, 0.4) is 0 Å². The van der Waals surface area contributed by atoms with Crippen LogP contribution in [-0.4, -0.2) is 34.5 Å². The molecule has 0 spiro atoms. The van der Waals surface area contributed by atoms with Crippen LogP contribution in [0.2, 0.25) is 0 Å². The summed E-state index contributed by atoms with van der Waals surface area (Å²) in [4.78, 5) is 22.8. The van der Waals surface area contributed by atoms with Gasteiger partial charge in [-0.2, -0.15) is 0 Å². The van der Waals surface area contributed by atoms with Gasteiger partial charge in [0.1, 0.15) is 0 Å². The molecular weight excluding hydrogens is 164 g/mol. The van der Waals surface area contributed by atoms with Crippen LogP contribution in [0.1, 0.15) is 12.8 Å². The summed E-state index contributed by atoms with van der Waals surface area (Å²) >= 11 is 0. The Hall–Kier alpha value is -1.59. The molecule has 0 aromatic heterocycles. The summed E-state index contributed by atoms with van der Waals surface area (Å²) in [7, 11) is 0. The Kier molecular flexibility index (Phi) is 4.43. The molecule has 0 fully saturated rings. The lowest BCUT2D eigenvalue weighted by atomic mass is 10.2. The largest absolute Gasteiger partial charge is 0.481 e. The van der Waals surface area contributed by atoms with Crippen LogP contribution < -0.4 is 10.7 Å². The molecular formula is C6H11N2O4+. The summed E-state index contributed by atoms with van der Waals surface area (Å²) in [6.07, 6.45) is 0.802. The van der Waals surface area contributed by atoms with E-state index in [1.54, 1.807) is 0 Å². The Balaban J connectivity index is 3.96. The SMILES string of the molecule is NC=[NH+][C@@H](CCC(=O)O)C(=O)O. The van der Waals surface area contributed by atoms with Crippen molar-refractivity contribution in [1.29, 1.82) is 0 Å². The zero-order chi connectivity index (χ0) is 9.56. The van der Waals surface area contributed by atoms with Gasteiger partial charge in [0.2, 0.25) is 6.34 Å². The van der Waals surface area contributed by atoms with Gasteiger partial charge in [-0.3, -0.25) is 15.5 Å². The van der Waals surface area contributed by atoms with E-state index in [4.69, 9.17) is 15.9 Å². The zero-order valence-electron chi connectivity index (χ0n) is 6.36. The molecule has 0 amide bonds. The molecule has 0 heterocycles. The van der Waals surface area contributed by atoms with Crippen molar-refractivity contribution in [3.05, 3.63) is 0 Å².